The lowest BCUT2D eigenvalue weighted by Crippen LogP contribution is -2.58. The van der Waals surface area contributed by atoms with E-state index in [1.165, 1.54) is 0 Å². The molecule has 3 amide bonds. The third-order valence-corrected chi connectivity index (χ3v) is 8.37. The van der Waals surface area contributed by atoms with Crippen molar-refractivity contribution in [3.63, 3.8) is 0 Å². The van der Waals surface area contributed by atoms with Gasteiger partial charge >= 0.3 is 0 Å². The zero-order valence-corrected chi connectivity index (χ0v) is 27.8. The Morgan fingerprint density at radius 1 is 1.02 bits per heavy atom. The molecule has 1 heterocycles. The minimum absolute atomic E-state index is 0.152. The van der Waals surface area contributed by atoms with Crippen LogP contribution >= 0.6 is 0 Å². The first kappa shape index (κ1) is 35.5. The second-order valence-electron chi connectivity index (χ2n) is 12.5. The molecule has 0 saturated heterocycles. The number of carbonyl (C=O) groups is 3. The number of carbonyl (C=O) groups excluding carboxylic acids is 3. The number of hydroxylamine groups is 2. The van der Waals surface area contributed by atoms with E-state index in [0.717, 1.165) is 29.5 Å². The van der Waals surface area contributed by atoms with E-state index >= 15 is 0 Å². The molecule has 0 spiro atoms. The molecule has 0 aromatic heterocycles. The molecule has 0 bridgehead atoms. The average molecular weight is 628 g/mol. The third kappa shape index (κ3) is 8.59. The highest BCUT2D eigenvalue weighted by atomic mass is 16.5. The molecule has 1 aliphatic heterocycles. The molecule has 11 heteroatoms. The van der Waals surface area contributed by atoms with Gasteiger partial charge in [0.15, 0.2) is 23.0 Å². The van der Waals surface area contributed by atoms with E-state index in [0.29, 0.717) is 53.9 Å². The molecule has 3 atom stereocenters. The number of hydrogen-bond donors (Lipinski definition) is 2. The summed E-state index contributed by atoms with van der Waals surface area (Å²) in [5.41, 5.74) is 2.28. The van der Waals surface area contributed by atoms with Gasteiger partial charge < -0.3 is 29.2 Å². The van der Waals surface area contributed by atoms with Gasteiger partial charge in [0.25, 0.3) is 0 Å². The molecule has 3 rings (SSSR count). The molecule has 2 aromatic rings. The smallest absolute Gasteiger partial charge is 0.246 e. The van der Waals surface area contributed by atoms with Crippen LogP contribution in [0.25, 0.3) is 0 Å². The molecular formula is C34H49N3O8. The predicted molar refractivity (Wildman–Crippen MR) is 170 cm³/mol. The summed E-state index contributed by atoms with van der Waals surface area (Å²) < 4.78 is 22.2. The van der Waals surface area contributed by atoms with Crippen molar-refractivity contribution in [2.45, 2.75) is 71.9 Å². The Kier molecular flexibility index (Phi) is 12.5. The first-order valence-electron chi connectivity index (χ1n) is 15.4. The summed E-state index contributed by atoms with van der Waals surface area (Å²) in [6, 6.07) is 8.34. The van der Waals surface area contributed by atoms with Crippen molar-refractivity contribution in [1.82, 2.24) is 15.3 Å². The maximum absolute atomic E-state index is 14.6. The number of hydrogen-bond acceptors (Lipinski definition) is 8. The van der Waals surface area contributed by atoms with Crippen LogP contribution in [0.5, 0.6) is 23.0 Å². The Hall–Kier alpha value is -3.99. The monoisotopic (exact) mass is 627 g/mol. The number of unbranched alkanes of at least 4 members (excludes halogenated alkanes) is 1. The second-order valence-corrected chi connectivity index (χ2v) is 12.5. The molecule has 0 fully saturated rings. The molecule has 248 valence electrons. The largest absolute Gasteiger partial charge is 0.493 e. The van der Waals surface area contributed by atoms with Crippen LogP contribution in [0.4, 0.5) is 0 Å². The van der Waals surface area contributed by atoms with Gasteiger partial charge in [0.2, 0.25) is 18.2 Å². The molecule has 2 aromatic carbocycles. The Morgan fingerprint density at radius 2 is 1.64 bits per heavy atom. The van der Waals surface area contributed by atoms with Crippen molar-refractivity contribution in [3.8, 4) is 23.0 Å². The highest BCUT2D eigenvalue weighted by Gasteiger charge is 2.41. The van der Waals surface area contributed by atoms with Gasteiger partial charge in [0.1, 0.15) is 6.04 Å². The molecular weight excluding hydrogens is 578 g/mol. The third-order valence-electron chi connectivity index (χ3n) is 8.37. The van der Waals surface area contributed by atoms with Crippen LogP contribution in [-0.2, 0) is 27.2 Å². The van der Waals surface area contributed by atoms with E-state index in [1.54, 1.807) is 28.4 Å². The minimum Gasteiger partial charge on any atom is -0.493 e. The Labute approximate surface area is 266 Å². The molecule has 1 aliphatic rings. The first-order chi connectivity index (χ1) is 21.4. The van der Waals surface area contributed by atoms with Gasteiger partial charge in [-0.25, -0.2) is 5.06 Å². The maximum Gasteiger partial charge on any atom is 0.246 e. The topological polar surface area (TPSA) is 127 Å². The summed E-state index contributed by atoms with van der Waals surface area (Å²) >= 11 is 0. The molecule has 3 unspecified atom stereocenters. The van der Waals surface area contributed by atoms with Crippen LogP contribution in [0, 0.1) is 11.3 Å². The zero-order valence-electron chi connectivity index (χ0n) is 27.8. The summed E-state index contributed by atoms with van der Waals surface area (Å²) in [5.74, 6) is 1.11. The van der Waals surface area contributed by atoms with Gasteiger partial charge in [-0.3, -0.25) is 19.6 Å². The van der Waals surface area contributed by atoms with Crippen molar-refractivity contribution in [2.24, 2.45) is 11.3 Å². The van der Waals surface area contributed by atoms with Crippen LogP contribution < -0.4 is 24.3 Å². The first-order valence-corrected chi connectivity index (χ1v) is 15.4. The van der Waals surface area contributed by atoms with Crippen molar-refractivity contribution in [1.29, 1.82) is 0 Å². The van der Waals surface area contributed by atoms with Gasteiger partial charge in [-0.05, 0) is 65.6 Å². The molecule has 2 N–H and O–H groups in total. The standard InChI is InChI=1S/C34H49N3O8/c1-9-10-11-24(20-36(41)21-38)32(39)35-31(34(2,3)4)33(40)37-15-14-23-18-29(44-7)30(45-8)19-25(23)26(37)16-22-12-13-27(42-5)28(17-22)43-6/h12-13,17-19,21,24,26,31,41H,9-11,14-16,20H2,1-8H3,(H,35,39). The summed E-state index contributed by atoms with van der Waals surface area (Å²) in [4.78, 5) is 41.2. The lowest BCUT2D eigenvalue weighted by Gasteiger charge is -2.42. The van der Waals surface area contributed by atoms with Gasteiger partial charge in [0, 0.05) is 6.54 Å². The lowest BCUT2D eigenvalue weighted by molar-refractivity contribution is -0.155. The van der Waals surface area contributed by atoms with Gasteiger partial charge in [-0.1, -0.05) is 46.6 Å². The number of nitrogens with one attached hydrogen (secondary N) is 1. The summed E-state index contributed by atoms with van der Waals surface area (Å²) in [6.07, 6.45) is 3.40. The van der Waals surface area contributed by atoms with E-state index in [9.17, 15) is 19.6 Å². The van der Waals surface area contributed by atoms with E-state index in [4.69, 9.17) is 18.9 Å². The lowest BCUT2D eigenvalue weighted by atomic mass is 9.82. The number of amides is 3. The van der Waals surface area contributed by atoms with E-state index in [2.05, 4.69) is 5.32 Å². The van der Waals surface area contributed by atoms with E-state index < -0.39 is 17.4 Å². The number of nitrogens with zero attached hydrogens (tertiary/aromatic N) is 2. The normalized spacial score (nSPS) is 15.8. The quantitative estimate of drug-likeness (QED) is 0.167. The number of rotatable bonds is 15. The zero-order chi connectivity index (χ0) is 33.3. The average Bonchev–Trinajstić information content (AvgIpc) is 3.03. The molecule has 0 aliphatic carbocycles. The SMILES string of the molecule is CCCCC(CN(O)C=O)C(=O)NC(C(=O)N1CCc2cc(OC)c(OC)cc2C1Cc1ccc(OC)c(OC)c1)C(C)(C)C. The minimum atomic E-state index is -0.868. The summed E-state index contributed by atoms with van der Waals surface area (Å²) in [7, 11) is 6.34. The highest BCUT2D eigenvalue weighted by Crippen LogP contribution is 2.41. The summed E-state index contributed by atoms with van der Waals surface area (Å²) in [6.45, 7) is 8.02. The number of ether oxygens (including phenoxy) is 4. The van der Waals surface area contributed by atoms with E-state index in [1.807, 2.05) is 62.9 Å². The maximum atomic E-state index is 14.6. The fourth-order valence-electron chi connectivity index (χ4n) is 5.84. The molecule has 0 saturated carbocycles. The van der Waals surface area contributed by atoms with Crippen LogP contribution in [0.15, 0.2) is 30.3 Å². The van der Waals surface area contributed by atoms with Crippen molar-refractivity contribution in [2.75, 3.05) is 41.5 Å². The number of benzene rings is 2. The Bertz CT molecular complexity index is 1330. The number of methoxy groups -OCH3 is 4. The van der Waals surface area contributed by atoms with Crippen LogP contribution in [0.3, 0.4) is 0 Å². The number of fused-ring (bicyclic) bond motifs is 1. The van der Waals surface area contributed by atoms with Crippen LogP contribution in [-0.4, -0.2) is 81.0 Å². The van der Waals surface area contributed by atoms with E-state index in [-0.39, 0.29) is 30.8 Å². The molecule has 45 heavy (non-hydrogen) atoms. The van der Waals surface area contributed by atoms with Gasteiger partial charge in [-0.2, -0.15) is 0 Å². The molecule has 0 radical (unpaired) electrons. The second kappa shape index (κ2) is 15.8. The van der Waals surface area contributed by atoms with Gasteiger partial charge in [0.05, 0.1) is 46.9 Å². The van der Waals surface area contributed by atoms with Crippen molar-refractivity contribution in [3.05, 3.63) is 47.0 Å². The Morgan fingerprint density at radius 3 is 2.22 bits per heavy atom. The van der Waals surface area contributed by atoms with Crippen LogP contribution in [0.2, 0.25) is 0 Å². The molecule has 11 nitrogen and oxygen atoms in total. The fraction of sp³-hybridized carbons (Fsp3) is 0.559. The van der Waals surface area contributed by atoms with Crippen molar-refractivity contribution < 1.29 is 38.5 Å². The predicted octanol–water partition coefficient (Wildman–Crippen LogP) is 4.57. The van der Waals surface area contributed by atoms with Crippen LogP contribution in [0.1, 0.15) is 69.7 Å². The Balaban J connectivity index is 2.05. The summed E-state index contributed by atoms with van der Waals surface area (Å²) in [5, 5.41) is 13.4. The fourth-order valence-corrected chi connectivity index (χ4v) is 5.84. The van der Waals surface area contributed by atoms with Crippen molar-refractivity contribution >= 4 is 18.2 Å². The highest BCUT2D eigenvalue weighted by molar-refractivity contribution is 5.90. The van der Waals surface area contributed by atoms with Gasteiger partial charge in [-0.15, -0.1) is 0 Å².